The Morgan fingerprint density at radius 1 is 0.884 bits per heavy atom. The number of hydrogen-bond acceptors (Lipinski definition) is 5. The van der Waals surface area contributed by atoms with Crippen LogP contribution < -0.4 is 9.64 Å². The van der Waals surface area contributed by atoms with E-state index in [0.717, 1.165) is 58.3 Å². The normalized spacial score (nSPS) is 14.8. The second-order valence-electron chi connectivity index (χ2n) is 11.2. The van der Waals surface area contributed by atoms with E-state index in [9.17, 15) is 14.7 Å². The molecule has 1 N–H and O–H groups in total. The lowest BCUT2D eigenvalue weighted by Crippen LogP contribution is -2.49. The summed E-state index contributed by atoms with van der Waals surface area (Å²) in [4.78, 5) is 34.7. The first kappa shape index (κ1) is 26.8. The van der Waals surface area contributed by atoms with Gasteiger partial charge in [0.2, 0.25) is 0 Å². The molecule has 5 aromatic rings. The van der Waals surface area contributed by atoms with Gasteiger partial charge in [0, 0.05) is 43.6 Å². The zero-order valence-corrected chi connectivity index (χ0v) is 24.0. The summed E-state index contributed by atoms with van der Waals surface area (Å²) in [6.07, 6.45) is 3.77. The van der Waals surface area contributed by atoms with E-state index < -0.39 is 5.97 Å². The van der Waals surface area contributed by atoms with Gasteiger partial charge in [0.05, 0.1) is 17.9 Å². The van der Waals surface area contributed by atoms with E-state index >= 15 is 0 Å². The molecule has 8 heteroatoms. The van der Waals surface area contributed by atoms with Gasteiger partial charge in [0.1, 0.15) is 17.3 Å². The standard InChI is InChI=1S/C35H32N4O4/c1-23-8-10-24(11-9-23)33-36-30(22-39(33)28-12-13-32-27(19-28)7-4-18-43-32)34(40)38-16-14-37(15-17-38)31-21-26-6-3-2-5-25(26)20-29(31)35(41)42/h2-3,5-6,8-13,19-22H,4,7,14-18H2,1H3,(H,41,42). The molecule has 1 saturated heterocycles. The van der Waals surface area contributed by atoms with Gasteiger partial charge < -0.3 is 19.6 Å². The minimum atomic E-state index is -0.956. The Bertz CT molecular complexity index is 1850. The molecular weight excluding hydrogens is 540 g/mol. The molecule has 0 bridgehead atoms. The molecule has 0 radical (unpaired) electrons. The molecule has 0 atom stereocenters. The summed E-state index contributed by atoms with van der Waals surface area (Å²) in [6.45, 7) is 4.77. The number of aromatic nitrogens is 2. The monoisotopic (exact) mass is 572 g/mol. The highest BCUT2D eigenvalue weighted by molar-refractivity contribution is 6.01. The summed E-state index contributed by atoms with van der Waals surface area (Å²) in [5, 5.41) is 11.8. The molecule has 2 aliphatic rings. The van der Waals surface area contributed by atoms with E-state index in [2.05, 4.69) is 11.0 Å². The van der Waals surface area contributed by atoms with Crippen LogP contribution in [0, 0.1) is 6.92 Å². The number of fused-ring (bicyclic) bond motifs is 2. The van der Waals surface area contributed by atoms with E-state index in [4.69, 9.17) is 9.72 Å². The van der Waals surface area contributed by atoms with Crippen molar-refractivity contribution in [1.29, 1.82) is 0 Å². The van der Waals surface area contributed by atoms with Crippen LogP contribution in [0.1, 0.15) is 38.4 Å². The Kier molecular flexibility index (Phi) is 6.81. The van der Waals surface area contributed by atoms with Crippen LogP contribution in [0.15, 0.2) is 85.1 Å². The van der Waals surface area contributed by atoms with Crippen molar-refractivity contribution in [3.63, 3.8) is 0 Å². The van der Waals surface area contributed by atoms with Crippen LogP contribution in [-0.2, 0) is 6.42 Å². The second kappa shape index (κ2) is 10.9. The average Bonchev–Trinajstić information content (AvgIpc) is 3.49. The van der Waals surface area contributed by atoms with Crippen molar-refractivity contribution in [3.8, 4) is 22.8 Å². The first-order valence-electron chi connectivity index (χ1n) is 14.7. The lowest BCUT2D eigenvalue weighted by molar-refractivity contribution is 0.0692. The molecule has 0 aliphatic carbocycles. The molecule has 43 heavy (non-hydrogen) atoms. The van der Waals surface area contributed by atoms with Gasteiger partial charge in [-0.05, 0) is 66.4 Å². The number of benzene rings is 4. The molecule has 216 valence electrons. The van der Waals surface area contributed by atoms with Gasteiger partial charge in [-0.1, -0.05) is 54.1 Å². The topological polar surface area (TPSA) is 87.9 Å². The molecule has 0 spiro atoms. The fourth-order valence-corrected chi connectivity index (χ4v) is 6.06. The third-order valence-corrected chi connectivity index (χ3v) is 8.41. The number of amides is 1. The largest absolute Gasteiger partial charge is 0.493 e. The van der Waals surface area contributed by atoms with E-state index in [0.29, 0.717) is 43.4 Å². The highest BCUT2D eigenvalue weighted by Crippen LogP contribution is 2.31. The van der Waals surface area contributed by atoms with Gasteiger partial charge >= 0.3 is 5.97 Å². The molecule has 4 aromatic carbocycles. The number of imidazole rings is 1. The van der Waals surface area contributed by atoms with Crippen molar-refractivity contribution in [2.75, 3.05) is 37.7 Å². The SMILES string of the molecule is Cc1ccc(-c2nc(C(=O)N3CCN(c4cc5ccccc5cc4C(=O)O)CC3)cn2-c2ccc3c(c2)CCCO3)cc1. The number of carbonyl (C=O) groups excluding carboxylic acids is 1. The third-order valence-electron chi connectivity index (χ3n) is 8.41. The van der Waals surface area contributed by atoms with Crippen LogP contribution in [0.4, 0.5) is 5.69 Å². The van der Waals surface area contributed by atoms with Gasteiger partial charge in [-0.2, -0.15) is 0 Å². The van der Waals surface area contributed by atoms with Crippen molar-refractivity contribution in [3.05, 3.63) is 107 Å². The van der Waals surface area contributed by atoms with Gasteiger partial charge in [0.15, 0.2) is 0 Å². The highest BCUT2D eigenvalue weighted by Gasteiger charge is 2.28. The summed E-state index contributed by atoms with van der Waals surface area (Å²) in [7, 11) is 0. The van der Waals surface area contributed by atoms with Crippen LogP contribution in [0.5, 0.6) is 5.75 Å². The number of carbonyl (C=O) groups is 2. The summed E-state index contributed by atoms with van der Waals surface area (Å²) >= 11 is 0. The summed E-state index contributed by atoms with van der Waals surface area (Å²) in [5.41, 5.74) is 5.52. The second-order valence-corrected chi connectivity index (χ2v) is 11.2. The molecular formula is C35H32N4O4. The number of anilines is 1. The Morgan fingerprint density at radius 3 is 2.37 bits per heavy atom. The number of piperazine rings is 1. The summed E-state index contributed by atoms with van der Waals surface area (Å²) in [6, 6.07) is 25.7. The zero-order valence-electron chi connectivity index (χ0n) is 24.0. The maximum atomic E-state index is 13.8. The fraction of sp³-hybridized carbons (Fsp3) is 0.229. The van der Waals surface area contributed by atoms with Crippen LogP contribution in [0.2, 0.25) is 0 Å². The highest BCUT2D eigenvalue weighted by atomic mass is 16.5. The number of carboxylic acids is 1. The van der Waals surface area contributed by atoms with Crippen LogP contribution in [0.25, 0.3) is 27.8 Å². The molecule has 0 saturated carbocycles. The van der Waals surface area contributed by atoms with Crippen LogP contribution in [-0.4, -0.2) is 64.2 Å². The first-order valence-corrected chi connectivity index (χ1v) is 14.7. The van der Waals surface area contributed by atoms with Crippen molar-refractivity contribution in [2.45, 2.75) is 19.8 Å². The molecule has 1 amide bonds. The van der Waals surface area contributed by atoms with Crippen LogP contribution >= 0.6 is 0 Å². The van der Waals surface area contributed by atoms with E-state index in [1.807, 2.05) is 89.3 Å². The third kappa shape index (κ3) is 5.09. The Morgan fingerprint density at radius 2 is 1.63 bits per heavy atom. The van der Waals surface area contributed by atoms with Gasteiger partial charge in [-0.15, -0.1) is 0 Å². The summed E-state index contributed by atoms with van der Waals surface area (Å²) < 4.78 is 7.82. The fourth-order valence-electron chi connectivity index (χ4n) is 6.06. The van der Waals surface area contributed by atoms with Gasteiger partial charge in [-0.25, -0.2) is 9.78 Å². The first-order chi connectivity index (χ1) is 20.9. The molecule has 1 aromatic heterocycles. The van der Waals surface area contributed by atoms with E-state index in [-0.39, 0.29) is 11.5 Å². The molecule has 7 rings (SSSR count). The number of ether oxygens (including phenoxy) is 1. The van der Waals surface area contributed by atoms with Crippen molar-refractivity contribution < 1.29 is 19.4 Å². The lowest BCUT2D eigenvalue weighted by atomic mass is 10.0. The number of carboxylic acid groups (broad SMARTS) is 1. The number of hydrogen-bond donors (Lipinski definition) is 1. The van der Waals surface area contributed by atoms with Crippen LogP contribution in [0.3, 0.4) is 0 Å². The number of aryl methyl sites for hydroxylation is 2. The van der Waals surface area contributed by atoms with Crippen molar-refractivity contribution >= 4 is 28.3 Å². The predicted octanol–water partition coefficient (Wildman–Crippen LogP) is 5.99. The van der Waals surface area contributed by atoms with E-state index in [1.54, 1.807) is 6.07 Å². The number of nitrogens with zero attached hydrogens (tertiary/aromatic N) is 4. The summed E-state index contributed by atoms with van der Waals surface area (Å²) in [5.74, 6) is 0.534. The smallest absolute Gasteiger partial charge is 0.337 e. The Balaban J connectivity index is 1.17. The van der Waals surface area contributed by atoms with Gasteiger partial charge in [-0.3, -0.25) is 9.36 Å². The van der Waals surface area contributed by atoms with E-state index in [1.165, 1.54) is 0 Å². The number of rotatable bonds is 5. The lowest BCUT2D eigenvalue weighted by Gasteiger charge is -2.36. The molecule has 8 nitrogen and oxygen atoms in total. The quantitative estimate of drug-likeness (QED) is 0.279. The molecule has 1 fully saturated rings. The van der Waals surface area contributed by atoms with Gasteiger partial charge in [0.25, 0.3) is 5.91 Å². The maximum Gasteiger partial charge on any atom is 0.337 e. The molecule has 3 heterocycles. The maximum absolute atomic E-state index is 13.8. The zero-order chi connectivity index (χ0) is 29.5. The Hall–Kier alpha value is -5.11. The minimum Gasteiger partial charge on any atom is -0.493 e. The molecule has 0 unspecified atom stereocenters. The molecule has 2 aliphatic heterocycles. The Labute approximate surface area is 249 Å². The van der Waals surface area contributed by atoms with Crippen molar-refractivity contribution in [1.82, 2.24) is 14.5 Å². The average molecular weight is 573 g/mol. The number of aromatic carboxylic acids is 1. The predicted molar refractivity (Wildman–Crippen MR) is 167 cm³/mol. The van der Waals surface area contributed by atoms with Crippen molar-refractivity contribution in [2.24, 2.45) is 0 Å². The minimum absolute atomic E-state index is 0.134.